The molecule has 18 heavy (non-hydrogen) atoms. The van der Waals surface area contributed by atoms with Crippen LogP contribution in [0.3, 0.4) is 0 Å². The van der Waals surface area contributed by atoms with Gasteiger partial charge in [0.05, 0.1) is 17.1 Å². The normalized spacial score (nSPS) is 18.6. The molecule has 0 aliphatic carbocycles. The van der Waals surface area contributed by atoms with Gasteiger partial charge in [-0.25, -0.2) is 8.42 Å². The van der Waals surface area contributed by atoms with Crippen molar-refractivity contribution in [2.75, 3.05) is 30.3 Å². The van der Waals surface area contributed by atoms with E-state index >= 15 is 0 Å². The van der Waals surface area contributed by atoms with Gasteiger partial charge in [0.25, 0.3) is 5.91 Å². The van der Waals surface area contributed by atoms with Crippen molar-refractivity contribution in [3.05, 3.63) is 28.2 Å². The van der Waals surface area contributed by atoms with E-state index in [0.717, 1.165) is 0 Å². The van der Waals surface area contributed by atoms with E-state index in [-0.39, 0.29) is 30.5 Å². The fourth-order valence-corrected chi connectivity index (χ4v) is 3.41. The summed E-state index contributed by atoms with van der Waals surface area (Å²) in [5.41, 5.74) is 6.62. The van der Waals surface area contributed by atoms with Gasteiger partial charge in [-0.3, -0.25) is 4.79 Å². The summed E-state index contributed by atoms with van der Waals surface area (Å²) in [5, 5.41) is 0. The van der Waals surface area contributed by atoms with Crippen LogP contribution in [0.15, 0.2) is 22.7 Å². The maximum atomic E-state index is 12.2. The molecule has 2 rings (SSSR count). The third-order valence-electron chi connectivity index (χ3n) is 2.85. The zero-order valence-corrected chi connectivity index (χ0v) is 12.0. The summed E-state index contributed by atoms with van der Waals surface area (Å²) in [4.78, 5) is 13.8. The van der Waals surface area contributed by atoms with Crippen LogP contribution in [0.2, 0.25) is 0 Å². The largest absolute Gasteiger partial charge is 0.399 e. The molecule has 1 aromatic rings. The first kappa shape index (κ1) is 13.4. The van der Waals surface area contributed by atoms with Crippen LogP contribution in [0.4, 0.5) is 5.69 Å². The molecule has 0 bridgehead atoms. The fraction of sp³-hybridized carbons (Fsp3) is 0.364. The summed E-state index contributed by atoms with van der Waals surface area (Å²) in [6.45, 7) is 0.477. The van der Waals surface area contributed by atoms with Gasteiger partial charge in [0.1, 0.15) is 0 Å². The van der Waals surface area contributed by atoms with Gasteiger partial charge in [0, 0.05) is 23.2 Å². The van der Waals surface area contributed by atoms with Crippen molar-refractivity contribution in [2.24, 2.45) is 0 Å². The van der Waals surface area contributed by atoms with Gasteiger partial charge in [0.15, 0.2) is 9.84 Å². The molecular weight excluding hydrogens is 320 g/mol. The molecule has 5 nitrogen and oxygen atoms in total. The molecule has 0 atom stereocenters. The average molecular weight is 333 g/mol. The Labute approximate surface area is 114 Å². The third kappa shape index (κ3) is 2.84. The highest BCUT2D eigenvalue weighted by Crippen LogP contribution is 2.22. The topological polar surface area (TPSA) is 80.5 Å². The first-order valence-electron chi connectivity index (χ1n) is 5.44. The Bertz CT molecular complexity index is 572. The quantitative estimate of drug-likeness (QED) is 0.775. The lowest BCUT2D eigenvalue weighted by atomic mass is 10.2. The van der Waals surface area contributed by atoms with Gasteiger partial charge in [-0.05, 0) is 34.1 Å². The molecule has 0 aromatic heterocycles. The Balaban J connectivity index is 2.20. The molecule has 1 aliphatic rings. The number of hydrogen-bond donors (Lipinski definition) is 1. The summed E-state index contributed by atoms with van der Waals surface area (Å²) in [6.07, 6.45) is 0. The predicted octanol–water partition coefficient (Wildman–Crippen LogP) is 0.902. The number of benzene rings is 1. The van der Waals surface area contributed by atoms with E-state index in [9.17, 15) is 13.2 Å². The van der Waals surface area contributed by atoms with Crippen molar-refractivity contribution in [1.82, 2.24) is 4.90 Å². The highest BCUT2D eigenvalue weighted by Gasteiger charge is 2.26. The van der Waals surface area contributed by atoms with E-state index in [2.05, 4.69) is 15.9 Å². The van der Waals surface area contributed by atoms with Crippen molar-refractivity contribution in [3.8, 4) is 0 Å². The number of nitrogen functional groups attached to an aromatic ring is 1. The molecule has 1 aromatic carbocycles. The number of anilines is 1. The van der Waals surface area contributed by atoms with Gasteiger partial charge in [0.2, 0.25) is 0 Å². The number of carbonyl (C=O) groups excluding carboxylic acids is 1. The maximum Gasteiger partial charge on any atom is 0.255 e. The monoisotopic (exact) mass is 332 g/mol. The van der Waals surface area contributed by atoms with Gasteiger partial charge < -0.3 is 10.6 Å². The molecular formula is C11H13BrN2O3S. The van der Waals surface area contributed by atoms with Crippen molar-refractivity contribution in [1.29, 1.82) is 0 Å². The molecule has 2 N–H and O–H groups in total. The summed E-state index contributed by atoms with van der Waals surface area (Å²) < 4.78 is 23.3. The summed E-state index contributed by atoms with van der Waals surface area (Å²) in [7, 11) is -2.98. The molecule has 7 heteroatoms. The van der Waals surface area contributed by atoms with Gasteiger partial charge >= 0.3 is 0 Å². The van der Waals surface area contributed by atoms with Gasteiger partial charge in [-0.1, -0.05) is 0 Å². The first-order valence-corrected chi connectivity index (χ1v) is 8.05. The second kappa shape index (κ2) is 4.89. The Hall–Kier alpha value is -1.08. The molecule has 0 saturated carbocycles. The Morgan fingerprint density at radius 1 is 1.28 bits per heavy atom. The molecule has 1 aliphatic heterocycles. The lowest BCUT2D eigenvalue weighted by molar-refractivity contribution is 0.0769. The summed E-state index contributed by atoms with van der Waals surface area (Å²) in [5.74, 6) is -0.138. The van der Waals surface area contributed by atoms with Crippen LogP contribution in [0.25, 0.3) is 0 Å². The van der Waals surface area contributed by atoms with Gasteiger partial charge in [-0.2, -0.15) is 0 Å². The van der Waals surface area contributed by atoms with Crippen LogP contribution in [-0.2, 0) is 9.84 Å². The van der Waals surface area contributed by atoms with E-state index in [0.29, 0.717) is 15.7 Å². The summed E-state index contributed by atoms with van der Waals surface area (Å²) in [6, 6.07) is 5.00. The zero-order chi connectivity index (χ0) is 13.3. The van der Waals surface area contributed by atoms with Crippen molar-refractivity contribution < 1.29 is 13.2 Å². The lowest BCUT2D eigenvalue weighted by Gasteiger charge is -2.27. The minimum atomic E-state index is -2.98. The fourth-order valence-electron chi connectivity index (χ4n) is 1.79. The second-order valence-corrected chi connectivity index (χ2v) is 7.34. The number of nitrogens with two attached hydrogens (primary N) is 1. The van der Waals surface area contributed by atoms with Crippen LogP contribution in [0.5, 0.6) is 0 Å². The number of halogens is 1. The van der Waals surface area contributed by atoms with Crippen molar-refractivity contribution in [3.63, 3.8) is 0 Å². The number of hydrogen-bond acceptors (Lipinski definition) is 4. The van der Waals surface area contributed by atoms with E-state index in [1.165, 1.54) is 0 Å². The minimum Gasteiger partial charge on any atom is -0.399 e. The first-order chi connectivity index (χ1) is 8.39. The summed E-state index contributed by atoms with van der Waals surface area (Å²) >= 11 is 3.30. The smallest absolute Gasteiger partial charge is 0.255 e. The molecule has 1 saturated heterocycles. The number of nitrogens with zero attached hydrogens (tertiary/aromatic N) is 1. The zero-order valence-electron chi connectivity index (χ0n) is 9.60. The molecule has 0 spiro atoms. The molecule has 98 valence electrons. The van der Waals surface area contributed by atoms with Crippen molar-refractivity contribution in [2.45, 2.75) is 0 Å². The van der Waals surface area contributed by atoms with Gasteiger partial charge in [-0.15, -0.1) is 0 Å². The molecule has 1 heterocycles. The molecule has 1 fully saturated rings. The highest BCUT2D eigenvalue weighted by atomic mass is 79.9. The molecule has 0 unspecified atom stereocenters. The number of carbonyl (C=O) groups is 1. The van der Waals surface area contributed by atoms with E-state index < -0.39 is 9.84 Å². The van der Waals surface area contributed by atoms with E-state index in [4.69, 9.17) is 5.73 Å². The van der Waals surface area contributed by atoms with Crippen LogP contribution in [0, 0.1) is 0 Å². The second-order valence-electron chi connectivity index (χ2n) is 4.18. The standard InChI is InChI=1S/C11H13BrN2O3S/c12-10-2-1-8(13)7-9(10)11(15)14-3-5-18(16,17)6-4-14/h1-2,7H,3-6,13H2. The number of amides is 1. The minimum absolute atomic E-state index is 0.0265. The van der Waals surface area contributed by atoms with Crippen LogP contribution >= 0.6 is 15.9 Å². The van der Waals surface area contributed by atoms with Crippen molar-refractivity contribution >= 4 is 37.4 Å². The number of sulfone groups is 1. The number of rotatable bonds is 1. The van der Waals surface area contributed by atoms with Crippen LogP contribution in [0.1, 0.15) is 10.4 Å². The predicted molar refractivity (Wildman–Crippen MR) is 73.1 cm³/mol. The lowest BCUT2D eigenvalue weighted by Crippen LogP contribution is -2.43. The Kier molecular flexibility index (Phi) is 3.63. The van der Waals surface area contributed by atoms with E-state index in [1.807, 2.05) is 0 Å². The Morgan fingerprint density at radius 3 is 2.50 bits per heavy atom. The van der Waals surface area contributed by atoms with E-state index in [1.54, 1.807) is 23.1 Å². The van der Waals surface area contributed by atoms with Crippen LogP contribution in [-0.4, -0.2) is 43.8 Å². The highest BCUT2D eigenvalue weighted by molar-refractivity contribution is 9.10. The molecule has 0 radical (unpaired) electrons. The molecule has 1 amide bonds. The average Bonchev–Trinajstić information content (AvgIpc) is 2.31. The maximum absolute atomic E-state index is 12.2. The SMILES string of the molecule is Nc1ccc(Br)c(C(=O)N2CCS(=O)(=O)CC2)c1. The Morgan fingerprint density at radius 2 is 1.89 bits per heavy atom. The van der Waals surface area contributed by atoms with Crippen LogP contribution < -0.4 is 5.73 Å². The third-order valence-corrected chi connectivity index (χ3v) is 5.15.